The van der Waals surface area contributed by atoms with Crippen LogP contribution in [0.25, 0.3) is 0 Å². The summed E-state index contributed by atoms with van der Waals surface area (Å²) in [6, 6.07) is 9.07. The van der Waals surface area contributed by atoms with E-state index >= 15 is 0 Å². The highest BCUT2D eigenvalue weighted by molar-refractivity contribution is 5.68. The lowest BCUT2D eigenvalue weighted by Gasteiger charge is -2.36. The average Bonchev–Trinajstić information content (AvgIpc) is 2.69. The highest BCUT2D eigenvalue weighted by Gasteiger charge is 2.37. The second-order valence-corrected chi connectivity index (χ2v) is 7.36. The van der Waals surface area contributed by atoms with Crippen LogP contribution in [0.15, 0.2) is 30.3 Å². The zero-order chi connectivity index (χ0) is 18.4. The quantitative estimate of drug-likeness (QED) is 0.791. The zero-order valence-corrected chi connectivity index (χ0v) is 15.1. The number of carbonyl (C=O) groups excluding carboxylic acids is 1. The van der Waals surface area contributed by atoms with Crippen molar-refractivity contribution in [1.82, 2.24) is 4.90 Å². The standard InChI is InChI=1S/C19H27F2NO3/c1-19(2,3)25-18(23)22-12-8-7-11-16(24-17(20)21)15(22)13-14-9-5-4-6-10-14/h4-6,9-10,15-17H,7-8,11-13H2,1-3H3/t15-,16-/m0/s1. The monoisotopic (exact) mass is 355 g/mol. The molecule has 0 radical (unpaired) electrons. The van der Waals surface area contributed by atoms with Crippen molar-refractivity contribution in [3.8, 4) is 0 Å². The number of halogens is 2. The SMILES string of the molecule is CC(C)(C)OC(=O)N1CCCC[C@H](OC(F)F)[C@@H]1Cc1ccccc1. The van der Waals surface area contributed by atoms with Crippen LogP contribution in [0.3, 0.4) is 0 Å². The summed E-state index contributed by atoms with van der Waals surface area (Å²) in [7, 11) is 0. The Morgan fingerprint density at radius 3 is 2.52 bits per heavy atom. The Labute approximate surface area is 148 Å². The van der Waals surface area contributed by atoms with E-state index < -0.39 is 30.5 Å². The zero-order valence-electron chi connectivity index (χ0n) is 15.1. The molecular formula is C19H27F2NO3. The van der Waals surface area contributed by atoms with Crippen LogP contribution >= 0.6 is 0 Å². The van der Waals surface area contributed by atoms with Crippen molar-refractivity contribution in [3.05, 3.63) is 35.9 Å². The molecule has 2 atom stereocenters. The Morgan fingerprint density at radius 1 is 1.24 bits per heavy atom. The van der Waals surface area contributed by atoms with Gasteiger partial charge >= 0.3 is 12.7 Å². The van der Waals surface area contributed by atoms with E-state index in [2.05, 4.69) is 0 Å². The maximum absolute atomic E-state index is 12.9. The van der Waals surface area contributed by atoms with E-state index in [0.717, 1.165) is 18.4 Å². The van der Waals surface area contributed by atoms with Gasteiger partial charge in [-0.3, -0.25) is 0 Å². The van der Waals surface area contributed by atoms with Crippen LogP contribution in [-0.2, 0) is 15.9 Å². The molecule has 140 valence electrons. The molecule has 0 N–H and O–H groups in total. The summed E-state index contributed by atoms with van der Waals surface area (Å²) >= 11 is 0. The number of hydrogen-bond donors (Lipinski definition) is 0. The van der Waals surface area contributed by atoms with E-state index in [0.29, 0.717) is 19.4 Å². The summed E-state index contributed by atoms with van der Waals surface area (Å²) in [4.78, 5) is 14.2. The van der Waals surface area contributed by atoms with Crippen molar-refractivity contribution < 1.29 is 23.0 Å². The molecule has 1 fully saturated rings. The minimum atomic E-state index is -2.86. The summed E-state index contributed by atoms with van der Waals surface area (Å²) in [5, 5.41) is 0. The van der Waals surface area contributed by atoms with Gasteiger partial charge < -0.3 is 14.4 Å². The van der Waals surface area contributed by atoms with Gasteiger partial charge in [-0.25, -0.2) is 4.79 Å². The summed E-state index contributed by atoms with van der Waals surface area (Å²) < 4.78 is 36.2. The fourth-order valence-corrected chi connectivity index (χ4v) is 3.12. The molecule has 1 aromatic carbocycles. The van der Waals surface area contributed by atoms with Gasteiger partial charge in [0.25, 0.3) is 0 Å². The minimum absolute atomic E-state index is 0.456. The van der Waals surface area contributed by atoms with Gasteiger partial charge in [0.1, 0.15) is 5.60 Å². The lowest BCUT2D eigenvalue weighted by Crippen LogP contribution is -2.50. The van der Waals surface area contributed by atoms with Crippen LogP contribution in [0.4, 0.5) is 13.6 Å². The number of likely N-dealkylation sites (tertiary alicyclic amines) is 1. The molecule has 0 aromatic heterocycles. The van der Waals surface area contributed by atoms with E-state index in [-0.39, 0.29) is 0 Å². The van der Waals surface area contributed by atoms with E-state index in [1.54, 1.807) is 25.7 Å². The molecule has 1 aromatic rings. The molecule has 0 aliphatic carbocycles. The third-order valence-electron chi connectivity index (χ3n) is 4.16. The molecule has 0 spiro atoms. The van der Waals surface area contributed by atoms with Gasteiger partial charge in [-0.2, -0.15) is 8.78 Å². The van der Waals surface area contributed by atoms with Gasteiger partial charge in [-0.1, -0.05) is 30.3 Å². The molecule has 25 heavy (non-hydrogen) atoms. The average molecular weight is 355 g/mol. The number of rotatable bonds is 4. The third kappa shape index (κ3) is 6.27. The maximum Gasteiger partial charge on any atom is 0.410 e. The molecule has 0 bridgehead atoms. The molecule has 1 aliphatic heterocycles. The van der Waals surface area contributed by atoms with E-state index in [4.69, 9.17) is 9.47 Å². The molecule has 1 heterocycles. The van der Waals surface area contributed by atoms with Gasteiger partial charge in [0.15, 0.2) is 0 Å². The van der Waals surface area contributed by atoms with Crippen LogP contribution in [0.5, 0.6) is 0 Å². The number of amides is 1. The van der Waals surface area contributed by atoms with Crippen LogP contribution in [0.1, 0.15) is 45.6 Å². The van der Waals surface area contributed by atoms with Crippen molar-refractivity contribution in [1.29, 1.82) is 0 Å². The molecule has 0 unspecified atom stereocenters. The lowest BCUT2D eigenvalue weighted by molar-refractivity contribution is -0.178. The predicted molar refractivity (Wildman–Crippen MR) is 91.6 cm³/mol. The number of nitrogens with zero attached hydrogens (tertiary/aromatic N) is 1. The second kappa shape index (κ2) is 8.61. The van der Waals surface area contributed by atoms with Crippen LogP contribution in [-0.4, -0.2) is 41.9 Å². The maximum atomic E-state index is 12.9. The number of benzene rings is 1. The predicted octanol–water partition coefficient (Wildman–Crippen LogP) is 4.63. The van der Waals surface area contributed by atoms with Crippen molar-refractivity contribution in [2.24, 2.45) is 0 Å². The summed E-state index contributed by atoms with van der Waals surface area (Å²) in [6.45, 7) is 3.00. The fraction of sp³-hybridized carbons (Fsp3) is 0.632. The van der Waals surface area contributed by atoms with Gasteiger partial charge in [-0.05, 0) is 52.0 Å². The molecule has 0 saturated carbocycles. The van der Waals surface area contributed by atoms with Gasteiger partial charge in [-0.15, -0.1) is 0 Å². The summed E-state index contributed by atoms with van der Waals surface area (Å²) in [6.07, 6.45) is 1.25. The first-order chi connectivity index (χ1) is 11.8. The smallest absolute Gasteiger partial charge is 0.410 e. The molecule has 1 amide bonds. The Balaban J connectivity index is 2.26. The van der Waals surface area contributed by atoms with Crippen molar-refractivity contribution in [2.75, 3.05) is 6.54 Å². The van der Waals surface area contributed by atoms with Gasteiger partial charge in [0.2, 0.25) is 0 Å². The Bertz CT molecular complexity index is 545. The molecule has 4 nitrogen and oxygen atoms in total. The topological polar surface area (TPSA) is 38.8 Å². The molecule has 6 heteroatoms. The highest BCUT2D eigenvalue weighted by atomic mass is 19.3. The van der Waals surface area contributed by atoms with Crippen LogP contribution < -0.4 is 0 Å². The van der Waals surface area contributed by atoms with E-state index in [9.17, 15) is 13.6 Å². The highest BCUT2D eigenvalue weighted by Crippen LogP contribution is 2.26. The Morgan fingerprint density at radius 2 is 1.92 bits per heavy atom. The molecule has 2 rings (SSSR count). The first kappa shape index (κ1) is 19.6. The normalized spacial score (nSPS) is 21.9. The first-order valence-electron chi connectivity index (χ1n) is 8.73. The van der Waals surface area contributed by atoms with Crippen molar-refractivity contribution >= 4 is 6.09 Å². The summed E-state index contributed by atoms with van der Waals surface area (Å²) in [5.41, 5.74) is 0.338. The Hall–Kier alpha value is -1.69. The van der Waals surface area contributed by atoms with Gasteiger partial charge in [0.05, 0.1) is 12.1 Å². The third-order valence-corrected chi connectivity index (χ3v) is 4.16. The molecule has 1 aliphatic rings. The lowest BCUT2D eigenvalue weighted by atomic mass is 9.98. The number of alkyl halides is 2. The summed E-state index contributed by atoms with van der Waals surface area (Å²) in [5.74, 6) is 0. The second-order valence-electron chi connectivity index (χ2n) is 7.36. The van der Waals surface area contributed by atoms with E-state index in [1.165, 1.54) is 0 Å². The molecular weight excluding hydrogens is 328 g/mol. The first-order valence-corrected chi connectivity index (χ1v) is 8.73. The minimum Gasteiger partial charge on any atom is -0.444 e. The molecule has 1 saturated heterocycles. The van der Waals surface area contributed by atoms with Gasteiger partial charge in [0, 0.05) is 6.54 Å². The number of hydrogen-bond acceptors (Lipinski definition) is 3. The van der Waals surface area contributed by atoms with Crippen molar-refractivity contribution in [3.63, 3.8) is 0 Å². The largest absolute Gasteiger partial charge is 0.444 e. The number of ether oxygens (including phenoxy) is 2. The van der Waals surface area contributed by atoms with Crippen LogP contribution in [0.2, 0.25) is 0 Å². The van der Waals surface area contributed by atoms with Crippen molar-refractivity contribution in [2.45, 2.75) is 70.8 Å². The van der Waals surface area contributed by atoms with Crippen LogP contribution in [0, 0.1) is 0 Å². The van der Waals surface area contributed by atoms with E-state index in [1.807, 2.05) is 30.3 Å². The Kier molecular flexibility index (Phi) is 6.76. The number of carbonyl (C=O) groups is 1. The fourth-order valence-electron chi connectivity index (χ4n) is 3.12.